The highest BCUT2D eigenvalue weighted by molar-refractivity contribution is 8.14. The minimum absolute atomic E-state index is 0.129. The zero-order chi connectivity index (χ0) is 29.0. The SMILES string of the molecule is C\C=C/C=C(C)\C(=C\C)N1CCS/C1=N\N=C\c1ccc2c(ccc3c2ncn3C2=CCC(OC(F)(F)F)C=C2)c1. The Balaban J connectivity index is 1.34. The lowest BCUT2D eigenvalue weighted by molar-refractivity contribution is -0.335. The van der Waals surface area contributed by atoms with Gasteiger partial charge < -0.3 is 4.90 Å². The van der Waals surface area contributed by atoms with Crippen LogP contribution < -0.4 is 0 Å². The Morgan fingerprint density at radius 3 is 2.78 bits per heavy atom. The van der Waals surface area contributed by atoms with Gasteiger partial charge in [-0.15, -0.1) is 18.3 Å². The van der Waals surface area contributed by atoms with Crippen molar-refractivity contribution in [2.75, 3.05) is 12.3 Å². The van der Waals surface area contributed by atoms with Crippen LogP contribution in [0.4, 0.5) is 13.2 Å². The molecule has 0 radical (unpaired) electrons. The van der Waals surface area contributed by atoms with Crippen LogP contribution in [0.3, 0.4) is 0 Å². The fraction of sp³-hybridized carbons (Fsp3) is 0.258. The minimum atomic E-state index is -4.66. The maximum absolute atomic E-state index is 12.5. The number of imidazole rings is 1. The number of hydrogen-bond donors (Lipinski definition) is 0. The smallest absolute Gasteiger partial charge is 0.319 e. The van der Waals surface area contributed by atoms with E-state index in [1.807, 2.05) is 60.9 Å². The number of alkyl halides is 3. The van der Waals surface area contributed by atoms with Crippen LogP contribution in [-0.4, -0.2) is 50.6 Å². The zero-order valence-electron chi connectivity index (χ0n) is 23.0. The van der Waals surface area contributed by atoms with Crippen LogP contribution >= 0.6 is 11.8 Å². The van der Waals surface area contributed by atoms with Crippen molar-refractivity contribution in [3.63, 3.8) is 0 Å². The second kappa shape index (κ2) is 12.3. The summed E-state index contributed by atoms with van der Waals surface area (Å²) in [5, 5.41) is 11.8. The van der Waals surface area contributed by atoms with Crippen molar-refractivity contribution in [1.82, 2.24) is 14.5 Å². The van der Waals surface area contributed by atoms with E-state index in [0.717, 1.165) is 56.2 Å². The molecule has 6 nitrogen and oxygen atoms in total. The van der Waals surface area contributed by atoms with Crippen LogP contribution in [0, 0.1) is 0 Å². The molecule has 212 valence electrons. The number of ether oxygens (including phenoxy) is 1. The van der Waals surface area contributed by atoms with Gasteiger partial charge >= 0.3 is 6.36 Å². The number of amidine groups is 1. The van der Waals surface area contributed by atoms with Crippen LogP contribution in [0.1, 0.15) is 32.8 Å². The Morgan fingerprint density at radius 1 is 1.20 bits per heavy atom. The molecule has 3 aromatic rings. The van der Waals surface area contributed by atoms with Gasteiger partial charge in [0, 0.05) is 29.1 Å². The molecule has 1 atom stereocenters. The molecule has 2 aliphatic rings. The zero-order valence-corrected chi connectivity index (χ0v) is 23.8. The van der Waals surface area contributed by atoms with Gasteiger partial charge in [0.1, 0.15) is 6.33 Å². The highest BCUT2D eigenvalue weighted by atomic mass is 32.2. The quantitative estimate of drug-likeness (QED) is 0.162. The largest absolute Gasteiger partial charge is 0.523 e. The average molecular weight is 578 g/mol. The first kappa shape index (κ1) is 28.6. The lowest BCUT2D eigenvalue weighted by atomic mass is 10.1. The monoisotopic (exact) mass is 577 g/mol. The third-order valence-corrected chi connectivity index (χ3v) is 7.74. The first-order valence-corrected chi connectivity index (χ1v) is 14.3. The van der Waals surface area contributed by atoms with Gasteiger partial charge in [-0.3, -0.25) is 9.30 Å². The fourth-order valence-corrected chi connectivity index (χ4v) is 5.82. The van der Waals surface area contributed by atoms with Crippen molar-refractivity contribution >= 4 is 50.6 Å². The van der Waals surface area contributed by atoms with Gasteiger partial charge in [-0.2, -0.15) is 5.10 Å². The molecule has 2 heterocycles. The summed E-state index contributed by atoms with van der Waals surface area (Å²) < 4.78 is 43.6. The Hall–Kier alpha value is -3.89. The van der Waals surface area contributed by atoms with E-state index in [1.165, 1.54) is 11.6 Å². The van der Waals surface area contributed by atoms with Gasteiger partial charge in [0.05, 0.1) is 23.4 Å². The standard InChI is InChI=1S/C31H30F3N5OS/c1-4-6-7-21(3)27(5-2)38-16-17-41-30(38)37-36-19-22-8-14-26-23(18-22)9-15-28-29(26)35-20-39(28)24-10-12-25(13-11-24)40-31(32,33)34/h4-12,14-15,18-20,25H,13,16-17H2,1-3H3/b6-4-,21-7-,27-5-,36-19+,37-30-. The number of nitrogens with zero attached hydrogens (tertiary/aromatic N) is 5. The summed E-state index contributed by atoms with van der Waals surface area (Å²) >= 11 is 1.69. The van der Waals surface area contributed by atoms with Crippen LogP contribution in [-0.2, 0) is 4.74 Å². The molecular formula is C31H30F3N5OS. The first-order valence-electron chi connectivity index (χ1n) is 13.3. The first-order chi connectivity index (χ1) is 19.8. The molecule has 0 N–H and O–H groups in total. The Morgan fingerprint density at radius 2 is 2.05 bits per heavy atom. The maximum atomic E-state index is 12.5. The number of hydrogen-bond acceptors (Lipinski definition) is 5. The summed E-state index contributed by atoms with van der Waals surface area (Å²) in [4.78, 5) is 6.81. The molecule has 0 spiro atoms. The van der Waals surface area contributed by atoms with Crippen LogP contribution in [0.2, 0.25) is 0 Å². The van der Waals surface area contributed by atoms with Gasteiger partial charge in [0.15, 0.2) is 5.17 Å². The van der Waals surface area contributed by atoms with E-state index in [4.69, 9.17) is 0 Å². The summed E-state index contributed by atoms with van der Waals surface area (Å²) in [6.45, 7) is 7.01. The molecule has 41 heavy (non-hydrogen) atoms. The Labute approximate surface area is 241 Å². The third kappa shape index (κ3) is 6.55. The molecule has 0 bridgehead atoms. The van der Waals surface area contributed by atoms with Crippen molar-refractivity contribution in [3.05, 3.63) is 96.0 Å². The van der Waals surface area contributed by atoms with E-state index >= 15 is 0 Å². The molecule has 2 aromatic carbocycles. The molecule has 1 aromatic heterocycles. The molecule has 10 heteroatoms. The maximum Gasteiger partial charge on any atom is 0.523 e. The fourth-order valence-electron chi connectivity index (χ4n) is 4.92. The summed E-state index contributed by atoms with van der Waals surface area (Å²) in [6, 6.07) is 10.00. The Kier molecular flexibility index (Phi) is 8.60. The lowest BCUT2D eigenvalue weighted by Gasteiger charge is -2.21. The average Bonchev–Trinajstić information content (AvgIpc) is 3.59. The molecule has 5 rings (SSSR count). The van der Waals surface area contributed by atoms with Crippen molar-refractivity contribution in [3.8, 4) is 0 Å². The summed E-state index contributed by atoms with van der Waals surface area (Å²) in [6.07, 6.45) is 10.9. The second-order valence-corrected chi connectivity index (χ2v) is 10.6. The number of allylic oxidation sites excluding steroid dienone is 7. The predicted octanol–water partition coefficient (Wildman–Crippen LogP) is 8.06. The summed E-state index contributed by atoms with van der Waals surface area (Å²) in [7, 11) is 0. The molecule has 1 fully saturated rings. The van der Waals surface area contributed by atoms with E-state index in [0.29, 0.717) is 0 Å². The topological polar surface area (TPSA) is 55.0 Å². The summed E-state index contributed by atoms with van der Waals surface area (Å²) in [5.74, 6) is 0.954. The van der Waals surface area contributed by atoms with E-state index in [9.17, 15) is 13.2 Å². The van der Waals surface area contributed by atoms with E-state index in [1.54, 1.807) is 36.5 Å². The number of rotatable bonds is 7. The highest BCUT2D eigenvalue weighted by Gasteiger charge is 2.33. The Bertz CT molecular complexity index is 1660. The molecule has 1 unspecified atom stereocenters. The molecule has 0 amide bonds. The number of aromatic nitrogens is 2. The van der Waals surface area contributed by atoms with E-state index < -0.39 is 12.5 Å². The van der Waals surface area contributed by atoms with Crippen molar-refractivity contribution in [2.45, 2.75) is 39.7 Å². The van der Waals surface area contributed by atoms with Crippen LogP contribution in [0.25, 0.3) is 27.5 Å². The van der Waals surface area contributed by atoms with E-state index in [-0.39, 0.29) is 6.42 Å². The van der Waals surface area contributed by atoms with Gasteiger partial charge in [0.25, 0.3) is 0 Å². The third-order valence-electron chi connectivity index (χ3n) is 6.79. The molecule has 1 saturated heterocycles. The lowest BCUT2D eigenvalue weighted by Crippen LogP contribution is -2.24. The van der Waals surface area contributed by atoms with Gasteiger partial charge in [0.2, 0.25) is 0 Å². The highest BCUT2D eigenvalue weighted by Crippen LogP contribution is 2.30. The van der Waals surface area contributed by atoms with Crippen molar-refractivity contribution in [2.24, 2.45) is 10.2 Å². The molecular weight excluding hydrogens is 547 g/mol. The number of halogens is 3. The van der Waals surface area contributed by atoms with Crippen LogP contribution in [0.5, 0.6) is 0 Å². The number of thioether (sulfide) groups is 1. The summed E-state index contributed by atoms with van der Waals surface area (Å²) in [5.41, 5.74) is 5.65. The molecule has 1 aliphatic heterocycles. The second-order valence-electron chi connectivity index (χ2n) is 9.53. The normalized spacial score (nSPS) is 20.0. The molecule has 0 saturated carbocycles. The minimum Gasteiger partial charge on any atom is -0.319 e. The van der Waals surface area contributed by atoms with Crippen LogP contribution in [0.15, 0.2) is 101 Å². The van der Waals surface area contributed by atoms with E-state index in [2.05, 4.69) is 43.9 Å². The molecule has 1 aliphatic carbocycles. The van der Waals surface area contributed by atoms with Gasteiger partial charge in [-0.05, 0) is 61.9 Å². The number of fused-ring (bicyclic) bond motifs is 3. The predicted molar refractivity (Wildman–Crippen MR) is 163 cm³/mol. The van der Waals surface area contributed by atoms with Gasteiger partial charge in [-0.25, -0.2) is 4.98 Å². The number of benzene rings is 2. The van der Waals surface area contributed by atoms with Crippen molar-refractivity contribution in [1.29, 1.82) is 0 Å². The van der Waals surface area contributed by atoms with Gasteiger partial charge in [-0.1, -0.05) is 66.4 Å². The van der Waals surface area contributed by atoms with Crippen molar-refractivity contribution < 1.29 is 17.9 Å².